The van der Waals surface area contributed by atoms with Gasteiger partial charge in [0.1, 0.15) is 0 Å². The summed E-state index contributed by atoms with van der Waals surface area (Å²) in [6, 6.07) is 0. The van der Waals surface area contributed by atoms with Gasteiger partial charge < -0.3 is 73.1 Å². The first-order valence-electron chi connectivity index (χ1n) is 13.0. The van der Waals surface area contributed by atoms with Gasteiger partial charge in [-0.25, -0.2) is 6.42 Å². The maximum absolute atomic E-state index is 3.94. The van der Waals surface area contributed by atoms with Crippen molar-refractivity contribution in [3.63, 3.8) is 0 Å². The van der Waals surface area contributed by atoms with E-state index in [0.29, 0.717) is 22.7 Å². The minimum atomic E-state index is 0. The van der Waals surface area contributed by atoms with Crippen LogP contribution in [-0.2, 0) is 131 Å². The van der Waals surface area contributed by atoms with Gasteiger partial charge in [0.05, 0.1) is 0 Å². The fourth-order valence-corrected chi connectivity index (χ4v) is 5.69. The first-order chi connectivity index (χ1) is 14.2. The molecule has 3 aliphatic carbocycles. The Morgan fingerprint density at radius 1 is 0.692 bits per heavy atom. The predicted molar refractivity (Wildman–Crippen MR) is 167 cm³/mol. The van der Waals surface area contributed by atoms with Crippen LogP contribution < -0.4 is 0 Å². The molecule has 0 spiro atoms. The summed E-state index contributed by atoms with van der Waals surface area (Å²) < 4.78 is 0. The topological polar surface area (TPSA) is 0 Å². The maximum atomic E-state index is 3.94. The molecule has 0 aromatic heterocycles. The van der Waals surface area contributed by atoms with E-state index < -0.39 is 0 Å². The Labute approximate surface area is 354 Å². The summed E-state index contributed by atoms with van der Waals surface area (Å²) in [6.07, 6.45) is 12.4. The second kappa shape index (κ2) is 27.5. The molecule has 0 aliphatic heterocycles. The van der Waals surface area contributed by atoms with Crippen LogP contribution in [0.15, 0.2) is 0 Å². The van der Waals surface area contributed by atoms with Crippen molar-refractivity contribution in [3.8, 4) is 0 Å². The van der Waals surface area contributed by atoms with Gasteiger partial charge in [-0.05, 0) is 60.7 Å². The minimum absolute atomic E-state index is 0. The molecule has 0 heterocycles. The molecule has 2 bridgehead atoms. The van der Waals surface area contributed by atoms with Gasteiger partial charge in [-0.2, -0.15) is 5.41 Å². The largest absolute Gasteiger partial charge is 3.00 e. The second-order valence-corrected chi connectivity index (χ2v) is 14.1. The standard InChI is InChI=1S/C12H22.C11H20.C9H17.2CH4.CH3.4Y/c1-11(2,3)12-7-4-10(5-8-12)6-9-12;1-8(2)10(9(3)4)11(5,6)7;1-8(2)6-7-9(3,4)5;;;;;;;/h10H,4-9H2,1-3H3;8-10H,1-4H2,5-7H3;7-8H,1-2,6H2,3-5H3;2*1H4;1H3;;;;/q;-4;-3;;;-1;;;;+3. The summed E-state index contributed by atoms with van der Waals surface area (Å²) in [6.45, 7) is 43.8. The number of fused-ring (bicyclic) bond motifs is 3. The molecule has 3 radical (unpaired) electrons. The van der Waals surface area contributed by atoms with E-state index in [1.807, 2.05) is 0 Å². The van der Waals surface area contributed by atoms with E-state index in [1.165, 1.54) is 38.5 Å². The van der Waals surface area contributed by atoms with Crippen LogP contribution >= 0.6 is 0 Å². The van der Waals surface area contributed by atoms with Crippen molar-refractivity contribution in [2.45, 2.75) is 122 Å². The van der Waals surface area contributed by atoms with Crippen molar-refractivity contribution in [1.82, 2.24) is 0 Å². The summed E-state index contributed by atoms with van der Waals surface area (Å²) in [5, 5.41) is 0. The summed E-state index contributed by atoms with van der Waals surface area (Å²) in [7, 11) is 0. The Morgan fingerprint density at radius 3 is 1.10 bits per heavy atom. The van der Waals surface area contributed by atoms with Crippen LogP contribution in [-0.4, -0.2) is 0 Å². The Morgan fingerprint density at radius 2 is 1.00 bits per heavy atom. The van der Waals surface area contributed by atoms with Crippen molar-refractivity contribution >= 4 is 0 Å². The first-order valence-corrected chi connectivity index (χ1v) is 13.0. The van der Waals surface area contributed by atoms with Crippen LogP contribution in [0.1, 0.15) is 122 Å². The van der Waals surface area contributed by atoms with Gasteiger partial charge in [-0.15, -0.1) is 5.92 Å². The van der Waals surface area contributed by atoms with E-state index >= 15 is 0 Å². The monoisotopic (exact) mass is 846 g/mol. The molecule has 3 saturated carbocycles. The molecular formula is C35H70Y4-5. The Balaban J connectivity index is -0.0000000571. The summed E-state index contributed by atoms with van der Waals surface area (Å²) >= 11 is 0. The fraction of sp³-hybridized carbons (Fsp3) is 0.771. The zero-order valence-corrected chi connectivity index (χ0v) is 38.3. The maximum Gasteiger partial charge on any atom is 3.00 e. The van der Waals surface area contributed by atoms with E-state index in [4.69, 9.17) is 0 Å². The van der Waals surface area contributed by atoms with E-state index in [9.17, 15) is 0 Å². The summed E-state index contributed by atoms with van der Waals surface area (Å²) in [5.74, 6) is 2.16. The molecule has 0 unspecified atom stereocenters. The molecule has 3 fully saturated rings. The minimum Gasteiger partial charge on any atom is -0.372 e. The Bertz CT molecular complexity index is 474. The van der Waals surface area contributed by atoms with Crippen LogP contribution in [0.25, 0.3) is 0 Å². The van der Waals surface area contributed by atoms with Crippen LogP contribution in [0.3, 0.4) is 0 Å². The number of rotatable bonds is 4. The molecule has 0 amide bonds. The quantitative estimate of drug-likeness (QED) is 0.247. The molecule has 0 nitrogen and oxygen atoms in total. The molecular weight excluding hydrogens is 776 g/mol. The fourth-order valence-electron chi connectivity index (χ4n) is 5.69. The van der Waals surface area contributed by atoms with Crippen molar-refractivity contribution < 1.29 is 131 Å². The molecule has 0 N–H and O–H groups in total. The van der Waals surface area contributed by atoms with Gasteiger partial charge in [-0.3, -0.25) is 0 Å². The van der Waals surface area contributed by atoms with Gasteiger partial charge >= 0.3 is 32.7 Å². The van der Waals surface area contributed by atoms with Crippen molar-refractivity contribution in [2.24, 2.45) is 51.2 Å². The van der Waals surface area contributed by atoms with Crippen molar-refractivity contribution in [3.05, 3.63) is 55.4 Å². The summed E-state index contributed by atoms with van der Waals surface area (Å²) in [5.41, 5.74) is 1.82. The van der Waals surface area contributed by atoms with Crippen LogP contribution in [0, 0.1) is 107 Å². The van der Waals surface area contributed by atoms with Crippen molar-refractivity contribution in [2.75, 3.05) is 0 Å². The van der Waals surface area contributed by atoms with Gasteiger partial charge in [0.2, 0.25) is 0 Å². The van der Waals surface area contributed by atoms with Crippen LogP contribution in [0.2, 0.25) is 0 Å². The van der Waals surface area contributed by atoms with Crippen LogP contribution in [0.5, 0.6) is 0 Å². The molecule has 0 aromatic rings. The Hall–Kier alpha value is 4.42. The molecule has 4 heteroatoms. The predicted octanol–water partition coefficient (Wildman–Crippen LogP) is 11.8. The third-order valence-corrected chi connectivity index (χ3v) is 7.76. The van der Waals surface area contributed by atoms with Crippen LogP contribution in [0.4, 0.5) is 0 Å². The molecule has 3 aliphatic rings. The smallest absolute Gasteiger partial charge is 0.372 e. The molecule has 0 saturated heterocycles. The third-order valence-electron chi connectivity index (χ3n) is 7.76. The third kappa shape index (κ3) is 26.2. The van der Waals surface area contributed by atoms with E-state index in [0.717, 1.165) is 17.8 Å². The van der Waals surface area contributed by atoms with E-state index in [2.05, 4.69) is 110 Å². The molecule has 0 aromatic carbocycles. The summed E-state index contributed by atoms with van der Waals surface area (Å²) in [4.78, 5) is 0. The first kappa shape index (κ1) is 62.3. The molecule has 0 atom stereocenters. The van der Waals surface area contributed by atoms with Gasteiger partial charge in [0, 0.05) is 98.1 Å². The Kier molecular flexibility index (Phi) is 43.9. The zero-order valence-electron chi connectivity index (χ0n) is 27.0. The number of hydrogen-bond donors (Lipinski definition) is 0. The van der Waals surface area contributed by atoms with Crippen molar-refractivity contribution in [1.29, 1.82) is 0 Å². The molecule has 39 heavy (non-hydrogen) atoms. The normalized spacial score (nSPS) is 19.6. The average molecular weight is 847 g/mol. The van der Waals surface area contributed by atoms with E-state index in [-0.39, 0.29) is 170 Å². The van der Waals surface area contributed by atoms with E-state index in [1.54, 1.807) is 0 Å². The zero-order chi connectivity index (χ0) is 25.5. The van der Waals surface area contributed by atoms with Gasteiger partial charge in [-0.1, -0.05) is 77.2 Å². The SMILES string of the molecule is C.C.CC(C)(C)C12CCC(CC1)CC2.[CH2-]C([CH2-])C(C([CH2-])[CH2-])C(C)(C)C.[CH2-]C([CH2-])C[CH-]C(C)(C)C.[CH3-].[Y+3].[Y].[Y].[Y]. The average Bonchev–Trinajstić information content (AvgIpc) is 2.59. The van der Waals surface area contributed by atoms with Gasteiger partial charge in [0.25, 0.3) is 0 Å². The number of hydrogen-bond acceptors (Lipinski definition) is 0. The second-order valence-electron chi connectivity index (χ2n) is 14.1. The molecule has 227 valence electrons. The van der Waals surface area contributed by atoms with Gasteiger partial charge in [0.15, 0.2) is 0 Å². The molecule has 3 rings (SSSR count).